The van der Waals surface area contributed by atoms with Crippen LogP contribution >= 0.6 is 0 Å². The average Bonchev–Trinajstić information content (AvgIpc) is 3.24. The number of alkyl halides is 3. The number of furan rings is 1. The van der Waals surface area contributed by atoms with E-state index >= 15 is 0 Å². The number of hydrogen-bond acceptors (Lipinski definition) is 5. The van der Waals surface area contributed by atoms with Gasteiger partial charge in [-0.2, -0.15) is 13.2 Å². The van der Waals surface area contributed by atoms with Crippen LogP contribution in [0.25, 0.3) is 0 Å². The molecule has 1 saturated heterocycles. The maximum atomic E-state index is 13.4. The minimum Gasteiger partial charge on any atom is -0.459 e. The van der Waals surface area contributed by atoms with E-state index < -0.39 is 50.7 Å². The Bertz CT molecular complexity index is 1000. The van der Waals surface area contributed by atoms with Crippen molar-refractivity contribution in [2.45, 2.75) is 12.6 Å². The van der Waals surface area contributed by atoms with Crippen LogP contribution in [0, 0.1) is 5.92 Å². The lowest BCUT2D eigenvalue weighted by Crippen LogP contribution is -2.25. The third kappa shape index (κ3) is 4.53. The number of hydrogen-bond donors (Lipinski definition) is 2. The van der Waals surface area contributed by atoms with E-state index in [2.05, 4.69) is 10.6 Å². The number of halogens is 3. The summed E-state index contributed by atoms with van der Waals surface area (Å²) in [5.74, 6) is -3.06. The summed E-state index contributed by atoms with van der Waals surface area (Å²) in [5, 5.41) is 4.43. The molecule has 0 radical (unpaired) electrons. The van der Waals surface area contributed by atoms with E-state index in [0.717, 1.165) is 6.07 Å². The number of amides is 2. The van der Waals surface area contributed by atoms with Crippen molar-refractivity contribution in [2.24, 2.45) is 5.92 Å². The van der Waals surface area contributed by atoms with Gasteiger partial charge in [0.25, 0.3) is 5.91 Å². The highest BCUT2D eigenvalue weighted by Crippen LogP contribution is 2.37. The topological polar surface area (TPSA) is 105 Å². The highest BCUT2D eigenvalue weighted by atomic mass is 32.2. The molecule has 0 bridgehead atoms. The van der Waals surface area contributed by atoms with Crippen LogP contribution in [-0.2, 0) is 20.8 Å². The molecule has 1 aliphatic heterocycles. The molecule has 11 heteroatoms. The van der Waals surface area contributed by atoms with Gasteiger partial charge in [0.15, 0.2) is 15.6 Å². The van der Waals surface area contributed by atoms with Gasteiger partial charge in [0, 0.05) is 5.69 Å². The number of carbonyl (C=O) groups is 2. The molecule has 1 fully saturated rings. The molecule has 0 spiro atoms. The first kappa shape index (κ1) is 19.9. The molecule has 0 saturated carbocycles. The van der Waals surface area contributed by atoms with E-state index in [0.29, 0.717) is 6.07 Å². The van der Waals surface area contributed by atoms with E-state index in [-0.39, 0.29) is 23.6 Å². The second kappa shape index (κ2) is 7.30. The molecule has 1 aromatic carbocycles. The van der Waals surface area contributed by atoms with Gasteiger partial charge in [-0.3, -0.25) is 9.59 Å². The van der Waals surface area contributed by atoms with Crippen LogP contribution in [0.2, 0.25) is 0 Å². The molecular weight excluding hydrogens is 401 g/mol. The average molecular weight is 416 g/mol. The summed E-state index contributed by atoms with van der Waals surface area (Å²) in [4.78, 5) is 24.1. The predicted octanol–water partition coefficient (Wildman–Crippen LogP) is 2.92. The van der Waals surface area contributed by atoms with Gasteiger partial charge in [0.2, 0.25) is 5.91 Å². The lowest BCUT2D eigenvalue weighted by Gasteiger charge is -2.17. The summed E-state index contributed by atoms with van der Waals surface area (Å²) in [7, 11) is -3.35. The Balaban J connectivity index is 1.81. The predicted molar refractivity (Wildman–Crippen MR) is 93.5 cm³/mol. The summed E-state index contributed by atoms with van der Waals surface area (Å²) in [6.07, 6.45) is -3.50. The molecule has 1 unspecified atom stereocenters. The van der Waals surface area contributed by atoms with E-state index in [1.807, 2.05) is 0 Å². The third-order valence-corrected chi connectivity index (χ3v) is 5.96. The van der Waals surface area contributed by atoms with E-state index in [1.54, 1.807) is 0 Å². The highest BCUT2D eigenvalue weighted by molar-refractivity contribution is 7.91. The van der Waals surface area contributed by atoms with Gasteiger partial charge >= 0.3 is 6.18 Å². The van der Waals surface area contributed by atoms with E-state index in [1.165, 1.54) is 24.5 Å². The maximum Gasteiger partial charge on any atom is 0.418 e. The van der Waals surface area contributed by atoms with Crippen molar-refractivity contribution >= 4 is 33.0 Å². The van der Waals surface area contributed by atoms with Gasteiger partial charge < -0.3 is 15.1 Å². The number of sulfone groups is 1. The summed E-state index contributed by atoms with van der Waals surface area (Å²) < 4.78 is 68.0. The van der Waals surface area contributed by atoms with E-state index in [4.69, 9.17) is 4.42 Å². The van der Waals surface area contributed by atoms with Crippen LogP contribution in [0.3, 0.4) is 0 Å². The van der Waals surface area contributed by atoms with Crippen molar-refractivity contribution in [1.82, 2.24) is 0 Å². The van der Waals surface area contributed by atoms with Crippen molar-refractivity contribution in [2.75, 3.05) is 22.1 Å². The zero-order valence-corrected chi connectivity index (χ0v) is 15.1. The molecule has 2 amide bonds. The zero-order valence-electron chi connectivity index (χ0n) is 14.2. The molecule has 1 aromatic heterocycles. The molecule has 2 heterocycles. The molecule has 2 N–H and O–H groups in total. The first-order chi connectivity index (χ1) is 13.0. The van der Waals surface area contributed by atoms with Crippen LogP contribution in [0.15, 0.2) is 41.0 Å². The van der Waals surface area contributed by atoms with Crippen LogP contribution < -0.4 is 10.6 Å². The van der Waals surface area contributed by atoms with Crippen LogP contribution in [0.4, 0.5) is 24.5 Å². The number of anilines is 2. The Hall–Kier alpha value is -2.82. The van der Waals surface area contributed by atoms with Crippen LogP contribution in [0.1, 0.15) is 22.5 Å². The lowest BCUT2D eigenvalue weighted by atomic mass is 10.1. The second-order valence-corrected chi connectivity index (χ2v) is 8.51. The monoisotopic (exact) mass is 416 g/mol. The summed E-state index contributed by atoms with van der Waals surface area (Å²) in [6.45, 7) is 0. The minimum absolute atomic E-state index is 0.0623. The van der Waals surface area contributed by atoms with Gasteiger partial charge in [-0.05, 0) is 36.8 Å². The highest BCUT2D eigenvalue weighted by Gasteiger charge is 2.37. The number of benzene rings is 1. The van der Waals surface area contributed by atoms with E-state index in [9.17, 15) is 31.2 Å². The SMILES string of the molecule is O=C(Nc1ccc(NC(=O)C2CCS(=O)(=O)C2)c(C(F)(F)F)c1)c1ccco1. The van der Waals surface area contributed by atoms with Crippen molar-refractivity contribution < 1.29 is 35.6 Å². The Morgan fingerprint density at radius 3 is 2.46 bits per heavy atom. The fourth-order valence-corrected chi connectivity index (χ4v) is 4.54. The van der Waals surface area contributed by atoms with Gasteiger partial charge in [-0.1, -0.05) is 0 Å². The van der Waals surface area contributed by atoms with Crippen molar-refractivity contribution in [3.8, 4) is 0 Å². The summed E-state index contributed by atoms with van der Waals surface area (Å²) in [5.41, 5.74) is -1.83. The maximum absolute atomic E-state index is 13.4. The summed E-state index contributed by atoms with van der Waals surface area (Å²) >= 11 is 0. The second-order valence-electron chi connectivity index (χ2n) is 6.28. The molecular formula is C17H15F3N2O5S. The summed E-state index contributed by atoms with van der Waals surface area (Å²) in [6, 6.07) is 5.68. The van der Waals surface area contributed by atoms with Gasteiger partial charge in [0.05, 0.1) is 34.9 Å². The Morgan fingerprint density at radius 2 is 1.89 bits per heavy atom. The molecule has 0 aliphatic carbocycles. The Morgan fingerprint density at radius 1 is 1.14 bits per heavy atom. The Kier molecular flexibility index (Phi) is 5.20. The van der Waals surface area contributed by atoms with Gasteiger partial charge in [0.1, 0.15) is 0 Å². The largest absolute Gasteiger partial charge is 0.459 e. The lowest BCUT2D eigenvalue weighted by molar-refractivity contribution is -0.137. The van der Waals surface area contributed by atoms with Gasteiger partial charge in [-0.25, -0.2) is 8.42 Å². The fraction of sp³-hybridized carbons (Fsp3) is 0.294. The molecule has 1 aliphatic rings. The van der Waals surface area contributed by atoms with Gasteiger partial charge in [-0.15, -0.1) is 0 Å². The van der Waals surface area contributed by atoms with Crippen LogP contribution in [0.5, 0.6) is 0 Å². The van der Waals surface area contributed by atoms with Crippen molar-refractivity contribution in [3.05, 3.63) is 47.9 Å². The quantitative estimate of drug-likeness (QED) is 0.797. The fourth-order valence-electron chi connectivity index (χ4n) is 2.80. The third-order valence-electron chi connectivity index (χ3n) is 4.19. The molecule has 7 nitrogen and oxygen atoms in total. The first-order valence-electron chi connectivity index (χ1n) is 8.12. The van der Waals surface area contributed by atoms with Crippen molar-refractivity contribution in [3.63, 3.8) is 0 Å². The molecule has 28 heavy (non-hydrogen) atoms. The molecule has 150 valence electrons. The minimum atomic E-state index is -4.81. The number of nitrogens with one attached hydrogen (secondary N) is 2. The van der Waals surface area contributed by atoms with Crippen LogP contribution in [-0.4, -0.2) is 31.7 Å². The molecule has 3 rings (SSSR count). The zero-order chi connectivity index (χ0) is 20.5. The van der Waals surface area contributed by atoms with Crippen molar-refractivity contribution in [1.29, 1.82) is 0 Å². The molecule has 2 aromatic rings. The number of rotatable bonds is 4. The normalized spacial score (nSPS) is 18.6. The first-order valence-corrected chi connectivity index (χ1v) is 9.95. The Labute approximate surface area is 157 Å². The standard InChI is InChI=1S/C17H15F3N2O5S/c18-17(19,20)12-8-11(21-16(24)14-2-1-6-27-14)3-4-13(12)22-15(23)10-5-7-28(25,26)9-10/h1-4,6,8,10H,5,7,9H2,(H,21,24)(H,22,23). The smallest absolute Gasteiger partial charge is 0.418 e. The number of carbonyl (C=O) groups excluding carboxylic acids is 2. The molecule has 1 atom stereocenters.